The summed E-state index contributed by atoms with van der Waals surface area (Å²) in [5.74, 6) is -0.216. The van der Waals surface area contributed by atoms with Gasteiger partial charge in [0.25, 0.3) is 0 Å². The molecular weight excluding hydrogens is 190 g/mol. The first-order valence-electron chi connectivity index (χ1n) is 4.56. The van der Waals surface area contributed by atoms with Crippen molar-refractivity contribution < 1.29 is 4.79 Å². The fourth-order valence-corrected chi connectivity index (χ4v) is 1.47. The zero-order valence-corrected chi connectivity index (χ0v) is 8.40. The maximum atomic E-state index is 11.2. The molecule has 0 atom stereocenters. The van der Waals surface area contributed by atoms with Crippen LogP contribution in [0.4, 0.5) is 5.69 Å². The van der Waals surface area contributed by atoms with E-state index in [9.17, 15) is 4.79 Å². The summed E-state index contributed by atoms with van der Waals surface area (Å²) in [5, 5.41) is 7.79. The van der Waals surface area contributed by atoms with Crippen LogP contribution in [-0.2, 0) is 11.8 Å². The van der Waals surface area contributed by atoms with Crippen molar-refractivity contribution in [2.75, 3.05) is 5.32 Å². The van der Waals surface area contributed by atoms with Gasteiger partial charge in [-0.2, -0.15) is 5.10 Å². The van der Waals surface area contributed by atoms with Gasteiger partial charge >= 0.3 is 0 Å². The fraction of sp³-hybridized carbons (Fsp3) is 0.0909. The molecule has 4 heteroatoms. The minimum atomic E-state index is -0.216. The van der Waals surface area contributed by atoms with Crippen molar-refractivity contribution >= 4 is 22.5 Å². The molecule has 0 saturated carbocycles. The average molecular weight is 201 g/mol. The number of nitrogens with zero attached hydrogens (tertiary/aromatic N) is 2. The molecule has 2 aromatic rings. The van der Waals surface area contributed by atoms with Gasteiger partial charge in [-0.25, -0.2) is 0 Å². The van der Waals surface area contributed by atoms with Crippen molar-refractivity contribution in [2.45, 2.75) is 0 Å². The molecule has 1 aromatic carbocycles. The molecule has 1 aromatic heterocycles. The highest BCUT2D eigenvalue weighted by atomic mass is 16.1. The van der Waals surface area contributed by atoms with Crippen LogP contribution in [0.5, 0.6) is 0 Å². The zero-order valence-electron chi connectivity index (χ0n) is 8.40. The number of rotatable bonds is 2. The quantitative estimate of drug-likeness (QED) is 0.752. The number of aromatic nitrogens is 2. The summed E-state index contributed by atoms with van der Waals surface area (Å²) in [6.45, 7) is 3.41. The second-order valence-electron chi connectivity index (χ2n) is 3.20. The van der Waals surface area contributed by atoms with Crippen molar-refractivity contribution in [3.63, 3.8) is 0 Å². The van der Waals surface area contributed by atoms with Crippen LogP contribution in [0.2, 0.25) is 0 Å². The number of nitrogens with one attached hydrogen (secondary N) is 1. The van der Waals surface area contributed by atoms with Gasteiger partial charge in [-0.1, -0.05) is 12.6 Å². The molecule has 0 radical (unpaired) electrons. The Hall–Kier alpha value is -2.10. The van der Waals surface area contributed by atoms with Crippen molar-refractivity contribution in [1.29, 1.82) is 0 Å². The lowest BCUT2D eigenvalue weighted by Gasteiger charge is -2.03. The predicted molar refractivity (Wildman–Crippen MR) is 59.5 cm³/mol. The zero-order chi connectivity index (χ0) is 10.8. The van der Waals surface area contributed by atoms with Crippen molar-refractivity contribution in [3.05, 3.63) is 37.1 Å². The summed E-state index contributed by atoms with van der Waals surface area (Å²) in [4.78, 5) is 11.2. The van der Waals surface area contributed by atoms with Gasteiger partial charge in [0.1, 0.15) is 0 Å². The van der Waals surface area contributed by atoms with Crippen LogP contribution in [0.1, 0.15) is 0 Å². The van der Waals surface area contributed by atoms with Gasteiger partial charge in [-0.05, 0) is 18.2 Å². The first-order valence-corrected chi connectivity index (χ1v) is 4.56. The van der Waals surface area contributed by atoms with Gasteiger partial charge in [-0.15, -0.1) is 0 Å². The number of carbonyl (C=O) groups is 1. The Balaban J connectivity index is 2.51. The van der Waals surface area contributed by atoms with Crippen LogP contribution in [0.3, 0.4) is 0 Å². The molecular formula is C11H11N3O. The van der Waals surface area contributed by atoms with E-state index in [0.717, 1.165) is 16.6 Å². The monoisotopic (exact) mass is 201 g/mol. The minimum absolute atomic E-state index is 0.216. The topological polar surface area (TPSA) is 46.9 Å². The van der Waals surface area contributed by atoms with E-state index in [1.54, 1.807) is 10.9 Å². The Labute approximate surface area is 87.2 Å². The molecule has 0 aliphatic carbocycles. The average Bonchev–Trinajstić information content (AvgIpc) is 2.62. The maximum Gasteiger partial charge on any atom is 0.247 e. The summed E-state index contributed by atoms with van der Waals surface area (Å²) in [7, 11) is 1.86. The molecule has 1 amide bonds. The Kier molecular flexibility index (Phi) is 2.25. The van der Waals surface area contributed by atoms with Gasteiger partial charge in [-0.3, -0.25) is 9.48 Å². The summed E-state index contributed by atoms with van der Waals surface area (Å²) in [6, 6.07) is 5.67. The van der Waals surface area contributed by atoms with Crippen LogP contribution in [-0.4, -0.2) is 15.7 Å². The number of hydrogen-bond acceptors (Lipinski definition) is 2. The van der Waals surface area contributed by atoms with Gasteiger partial charge < -0.3 is 5.32 Å². The molecule has 1 N–H and O–H groups in total. The highest BCUT2D eigenvalue weighted by Gasteiger charge is 2.05. The van der Waals surface area contributed by atoms with E-state index in [1.807, 2.05) is 25.2 Å². The molecule has 76 valence electrons. The van der Waals surface area contributed by atoms with E-state index in [2.05, 4.69) is 17.0 Å². The highest BCUT2D eigenvalue weighted by molar-refractivity contribution is 6.05. The predicted octanol–water partition coefficient (Wildman–Crippen LogP) is 1.70. The van der Waals surface area contributed by atoms with E-state index in [0.29, 0.717) is 0 Å². The van der Waals surface area contributed by atoms with Gasteiger partial charge in [0.2, 0.25) is 5.91 Å². The Morgan fingerprint density at radius 3 is 3.13 bits per heavy atom. The number of fused-ring (bicyclic) bond motifs is 1. The van der Waals surface area contributed by atoms with E-state index < -0.39 is 0 Å². The number of benzene rings is 1. The molecule has 0 fully saturated rings. The lowest BCUT2D eigenvalue weighted by molar-refractivity contribution is -0.111. The molecule has 4 nitrogen and oxygen atoms in total. The first-order chi connectivity index (χ1) is 7.22. The number of amides is 1. The highest BCUT2D eigenvalue weighted by Crippen LogP contribution is 2.22. The van der Waals surface area contributed by atoms with Crippen LogP contribution in [0.25, 0.3) is 10.9 Å². The lowest BCUT2D eigenvalue weighted by atomic mass is 10.2. The number of anilines is 1. The SMILES string of the molecule is C=CC(=O)Nc1cccc2c1cnn2C. The maximum absolute atomic E-state index is 11.2. The van der Waals surface area contributed by atoms with E-state index >= 15 is 0 Å². The standard InChI is InChI=1S/C11H11N3O/c1-3-11(15)13-9-5-4-6-10-8(9)7-12-14(10)2/h3-7H,1H2,2H3,(H,13,15). The third kappa shape index (κ3) is 1.61. The third-order valence-electron chi connectivity index (χ3n) is 2.24. The second kappa shape index (κ2) is 3.57. The van der Waals surface area contributed by atoms with Crippen molar-refractivity contribution in [1.82, 2.24) is 9.78 Å². The molecule has 0 aliphatic heterocycles. The molecule has 2 rings (SSSR count). The van der Waals surface area contributed by atoms with Crippen LogP contribution < -0.4 is 5.32 Å². The summed E-state index contributed by atoms with van der Waals surface area (Å²) in [6.07, 6.45) is 2.98. The molecule has 0 bridgehead atoms. The number of aryl methyl sites for hydroxylation is 1. The van der Waals surface area contributed by atoms with Crippen LogP contribution in [0.15, 0.2) is 37.1 Å². The third-order valence-corrected chi connectivity index (χ3v) is 2.24. The molecule has 15 heavy (non-hydrogen) atoms. The van der Waals surface area contributed by atoms with Gasteiger partial charge in [0, 0.05) is 12.4 Å². The molecule has 0 saturated heterocycles. The Morgan fingerprint density at radius 1 is 1.60 bits per heavy atom. The minimum Gasteiger partial charge on any atom is -0.322 e. The molecule has 0 unspecified atom stereocenters. The summed E-state index contributed by atoms with van der Waals surface area (Å²) in [5.41, 5.74) is 1.74. The summed E-state index contributed by atoms with van der Waals surface area (Å²) >= 11 is 0. The molecule has 0 spiro atoms. The van der Waals surface area contributed by atoms with E-state index in [-0.39, 0.29) is 5.91 Å². The van der Waals surface area contributed by atoms with Gasteiger partial charge in [0.15, 0.2) is 0 Å². The number of carbonyl (C=O) groups excluding carboxylic acids is 1. The largest absolute Gasteiger partial charge is 0.322 e. The number of hydrogen-bond donors (Lipinski definition) is 1. The first kappa shape index (κ1) is 9.45. The Bertz CT molecular complexity index is 528. The molecule has 0 aliphatic rings. The van der Waals surface area contributed by atoms with Crippen LogP contribution in [0, 0.1) is 0 Å². The van der Waals surface area contributed by atoms with Crippen molar-refractivity contribution in [2.24, 2.45) is 7.05 Å². The Morgan fingerprint density at radius 2 is 2.40 bits per heavy atom. The fourth-order valence-electron chi connectivity index (χ4n) is 1.47. The second-order valence-corrected chi connectivity index (χ2v) is 3.20. The van der Waals surface area contributed by atoms with E-state index in [1.165, 1.54) is 6.08 Å². The van der Waals surface area contributed by atoms with Crippen LogP contribution >= 0.6 is 0 Å². The smallest absolute Gasteiger partial charge is 0.247 e. The summed E-state index contributed by atoms with van der Waals surface area (Å²) < 4.78 is 1.76. The van der Waals surface area contributed by atoms with E-state index in [4.69, 9.17) is 0 Å². The molecule has 1 heterocycles. The normalized spacial score (nSPS) is 10.2. The van der Waals surface area contributed by atoms with Crippen molar-refractivity contribution in [3.8, 4) is 0 Å². The lowest BCUT2D eigenvalue weighted by Crippen LogP contribution is -2.07. The van der Waals surface area contributed by atoms with Gasteiger partial charge in [0.05, 0.1) is 17.4 Å².